The van der Waals surface area contributed by atoms with E-state index in [-0.39, 0.29) is 17.5 Å². The molecule has 3 aromatic heterocycles. The van der Waals surface area contributed by atoms with Gasteiger partial charge in [-0.3, -0.25) is 9.69 Å². The Balaban J connectivity index is 1.78. The third kappa shape index (κ3) is 4.96. The molecule has 33 heavy (non-hydrogen) atoms. The van der Waals surface area contributed by atoms with Gasteiger partial charge >= 0.3 is 5.92 Å². The Morgan fingerprint density at radius 3 is 2.70 bits per heavy atom. The van der Waals surface area contributed by atoms with Crippen LogP contribution >= 0.6 is 0 Å². The highest BCUT2D eigenvalue weighted by Crippen LogP contribution is 2.33. The zero-order valence-corrected chi connectivity index (χ0v) is 18.6. The predicted octanol–water partition coefficient (Wildman–Crippen LogP) is 2.79. The molecule has 0 fully saturated rings. The lowest BCUT2D eigenvalue weighted by atomic mass is 10.1. The van der Waals surface area contributed by atoms with Crippen LogP contribution in [0.5, 0.6) is 0 Å². The van der Waals surface area contributed by atoms with Crippen LogP contribution in [-0.2, 0) is 17.3 Å². The summed E-state index contributed by atoms with van der Waals surface area (Å²) in [5, 5.41) is 20.5. The molecule has 174 valence electrons. The van der Waals surface area contributed by atoms with Crippen molar-refractivity contribution in [1.29, 1.82) is 0 Å². The number of aliphatic hydroxyl groups is 1. The first-order chi connectivity index (χ1) is 15.5. The van der Waals surface area contributed by atoms with E-state index in [1.807, 2.05) is 18.0 Å². The van der Waals surface area contributed by atoms with Crippen LogP contribution in [0.15, 0.2) is 24.4 Å². The van der Waals surface area contributed by atoms with Crippen LogP contribution in [0.2, 0.25) is 0 Å². The molecule has 3 N–H and O–H groups in total. The van der Waals surface area contributed by atoms with Gasteiger partial charge in [0.15, 0.2) is 6.23 Å². The van der Waals surface area contributed by atoms with Gasteiger partial charge in [0.05, 0.1) is 17.1 Å². The van der Waals surface area contributed by atoms with Crippen LogP contribution in [0.1, 0.15) is 37.3 Å². The molecule has 4 rings (SSSR count). The SMILES string of the molecule is CC(=O)Nc1cc(Nc2cc(C)nc(C(C)(F)F)n2)c(-c2cc3n(n2)[C@H](O)CN(C)C3)cn1. The Hall–Kier alpha value is -3.51. The summed E-state index contributed by atoms with van der Waals surface area (Å²) in [4.78, 5) is 25.5. The number of hydrogen-bond donors (Lipinski definition) is 3. The Kier molecular flexibility index (Phi) is 5.80. The number of fused-ring (bicyclic) bond motifs is 1. The molecule has 0 saturated heterocycles. The van der Waals surface area contributed by atoms with Crippen molar-refractivity contribution in [3.05, 3.63) is 41.6 Å². The molecule has 1 aliphatic heterocycles. The molecule has 1 aliphatic rings. The number of alkyl halides is 2. The van der Waals surface area contributed by atoms with E-state index in [2.05, 4.69) is 30.7 Å². The van der Waals surface area contributed by atoms with E-state index in [1.165, 1.54) is 19.2 Å². The number of nitrogens with one attached hydrogen (secondary N) is 2. The number of nitrogens with zero attached hydrogens (tertiary/aromatic N) is 6. The van der Waals surface area contributed by atoms with Gasteiger partial charge in [-0.05, 0) is 20.0 Å². The van der Waals surface area contributed by atoms with Crippen molar-refractivity contribution in [3.8, 4) is 11.3 Å². The molecule has 4 heterocycles. The summed E-state index contributed by atoms with van der Waals surface area (Å²) in [6, 6.07) is 4.93. The molecular formula is C21H24F2N8O2. The number of β-amino-alcohol motifs (C(OH)–C–C–N with tert-alkyl or cyclic N) is 1. The highest BCUT2D eigenvalue weighted by atomic mass is 19.3. The van der Waals surface area contributed by atoms with E-state index < -0.39 is 18.0 Å². The molecule has 1 amide bonds. The average Bonchev–Trinajstić information content (AvgIpc) is 3.10. The molecule has 0 bridgehead atoms. The second kappa shape index (κ2) is 8.45. The maximum absolute atomic E-state index is 13.9. The Bertz CT molecular complexity index is 1210. The van der Waals surface area contributed by atoms with Crippen molar-refractivity contribution in [1.82, 2.24) is 29.6 Å². The maximum atomic E-state index is 13.9. The summed E-state index contributed by atoms with van der Waals surface area (Å²) in [5.41, 5.74) is 2.69. The zero-order valence-electron chi connectivity index (χ0n) is 18.6. The number of aryl methyl sites for hydroxylation is 1. The molecule has 10 nitrogen and oxygen atoms in total. The van der Waals surface area contributed by atoms with Gasteiger partial charge < -0.3 is 15.7 Å². The van der Waals surface area contributed by atoms with Gasteiger partial charge in [-0.1, -0.05) is 0 Å². The first-order valence-electron chi connectivity index (χ1n) is 10.2. The summed E-state index contributed by atoms with van der Waals surface area (Å²) in [6.45, 7) is 4.72. The van der Waals surface area contributed by atoms with Gasteiger partial charge in [0.1, 0.15) is 11.6 Å². The molecule has 0 aromatic carbocycles. The van der Waals surface area contributed by atoms with Gasteiger partial charge in [0.25, 0.3) is 0 Å². The molecule has 0 unspecified atom stereocenters. The van der Waals surface area contributed by atoms with Crippen LogP contribution in [0.3, 0.4) is 0 Å². The predicted molar refractivity (Wildman–Crippen MR) is 117 cm³/mol. The lowest BCUT2D eigenvalue weighted by Crippen LogP contribution is -2.34. The molecule has 0 aliphatic carbocycles. The van der Waals surface area contributed by atoms with Crippen LogP contribution in [0, 0.1) is 6.92 Å². The minimum Gasteiger partial charge on any atom is -0.370 e. The second-order valence-electron chi connectivity index (χ2n) is 8.17. The molecular weight excluding hydrogens is 434 g/mol. The van der Waals surface area contributed by atoms with E-state index >= 15 is 0 Å². The average molecular weight is 458 g/mol. The number of aliphatic hydroxyl groups excluding tert-OH is 1. The first-order valence-corrected chi connectivity index (χ1v) is 10.2. The molecule has 3 aromatic rings. The normalized spacial score (nSPS) is 16.4. The van der Waals surface area contributed by atoms with E-state index in [0.717, 1.165) is 12.6 Å². The quantitative estimate of drug-likeness (QED) is 0.534. The lowest BCUT2D eigenvalue weighted by Gasteiger charge is -2.27. The third-order valence-corrected chi connectivity index (χ3v) is 5.00. The number of carbonyl (C=O) groups excluding carboxylic acids is 1. The van der Waals surface area contributed by atoms with Gasteiger partial charge in [-0.15, -0.1) is 0 Å². The van der Waals surface area contributed by atoms with Crippen LogP contribution in [0.25, 0.3) is 11.3 Å². The minimum absolute atomic E-state index is 0.156. The highest BCUT2D eigenvalue weighted by Gasteiger charge is 2.29. The Morgan fingerprint density at radius 1 is 1.24 bits per heavy atom. The standard InChI is InChI=1S/C21H24F2N8O2/c1-11-5-18(28-20(25-11)21(3,22)23)27-15-7-17(26-12(2)32)24-8-14(15)16-6-13-9-30(4)10-19(33)31(13)29-16/h5-8,19,33H,9-10H2,1-4H3,(H2,24,25,26,27,28,32)/t19-/m1/s1. The van der Waals surface area contributed by atoms with Crippen molar-refractivity contribution in [2.24, 2.45) is 0 Å². The number of aromatic nitrogens is 5. The van der Waals surface area contributed by atoms with Crippen molar-refractivity contribution in [2.75, 3.05) is 24.2 Å². The number of pyridine rings is 1. The summed E-state index contributed by atoms with van der Waals surface area (Å²) in [5.74, 6) is -3.70. The Morgan fingerprint density at radius 2 is 2.00 bits per heavy atom. The fourth-order valence-corrected chi connectivity index (χ4v) is 3.62. The van der Waals surface area contributed by atoms with E-state index in [0.29, 0.717) is 35.7 Å². The Labute approximate surface area is 188 Å². The molecule has 12 heteroatoms. The fourth-order valence-electron chi connectivity index (χ4n) is 3.62. The monoisotopic (exact) mass is 458 g/mol. The number of likely N-dealkylation sites (N-methyl/N-ethyl adjacent to an activating group) is 1. The van der Waals surface area contributed by atoms with Gasteiger partial charge in [0, 0.05) is 56.5 Å². The van der Waals surface area contributed by atoms with Crippen LogP contribution < -0.4 is 10.6 Å². The largest absolute Gasteiger partial charge is 0.370 e. The molecule has 0 saturated carbocycles. The van der Waals surface area contributed by atoms with E-state index in [9.17, 15) is 18.7 Å². The molecule has 0 spiro atoms. The van der Waals surface area contributed by atoms with Gasteiger partial charge in [0.2, 0.25) is 11.7 Å². The van der Waals surface area contributed by atoms with Crippen molar-refractivity contribution in [2.45, 2.75) is 39.5 Å². The summed E-state index contributed by atoms with van der Waals surface area (Å²) in [6.07, 6.45) is 0.718. The number of halogens is 2. The number of hydrogen-bond acceptors (Lipinski definition) is 8. The van der Waals surface area contributed by atoms with E-state index in [1.54, 1.807) is 17.7 Å². The smallest absolute Gasteiger partial charge is 0.303 e. The molecule has 1 atom stereocenters. The minimum atomic E-state index is -3.21. The molecule has 0 radical (unpaired) electrons. The fraction of sp³-hybridized carbons (Fsp3) is 0.381. The van der Waals surface area contributed by atoms with Crippen molar-refractivity contribution >= 4 is 23.2 Å². The van der Waals surface area contributed by atoms with Crippen LogP contribution in [-0.4, -0.2) is 54.2 Å². The number of carbonyl (C=O) groups is 1. The number of anilines is 3. The number of rotatable bonds is 5. The summed E-state index contributed by atoms with van der Waals surface area (Å²) >= 11 is 0. The summed E-state index contributed by atoms with van der Waals surface area (Å²) < 4.78 is 29.3. The van der Waals surface area contributed by atoms with Crippen molar-refractivity contribution in [3.63, 3.8) is 0 Å². The third-order valence-electron chi connectivity index (χ3n) is 5.00. The lowest BCUT2D eigenvalue weighted by molar-refractivity contribution is -0.114. The highest BCUT2D eigenvalue weighted by molar-refractivity contribution is 5.89. The van der Waals surface area contributed by atoms with Gasteiger partial charge in [-0.2, -0.15) is 13.9 Å². The number of amides is 1. The van der Waals surface area contributed by atoms with Crippen LogP contribution in [0.4, 0.5) is 26.1 Å². The van der Waals surface area contributed by atoms with E-state index in [4.69, 9.17) is 0 Å². The van der Waals surface area contributed by atoms with Gasteiger partial charge in [-0.25, -0.2) is 19.6 Å². The topological polar surface area (TPSA) is 121 Å². The first kappa shape index (κ1) is 22.7. The maximum Gasteiger partial charge on any atom is 0.303 e. The second-order valence-corrected chi connectivity index (χ2v) is 8.17. The van der Waals surface area contributed by atoms with Crippen molar-refractivity contribution < 1.29 is 18.7 Å². The zero-order chi connectivity index (χ0) is 23.9. The summed E-state index contributed by atoms with van der Waals surface area (Å²) in [7, 11) is 1.90.